The van der Waals surface area contributed by atoms with Crippen LogP contribution in [0.25, 0.3) is 0 Å². The van der Waals surface area contributed by atoms with Crippen LogP contribution in [0.1, 0.15) is 55.8 Å². The molecule has 1 aliphatic heterocycles. The van der Waals surface area contributed by atoms with Gasteiger partial charge in [0.05, 0.1) is 0 Å². The topological polar surface area (TPSA) is 66.7 Å². The molecule has 0 saturated heterocycles. The van der Waals surface area contributed by atoms with Crippen LogP contribution in [0, 0.1) is 11.8 Å². The van der Waals surface area contributed by atoms with E-state index in [0.29, 0.717) is 5.92 Å². The number of benzene rings is 1. The first-order valence-corrected chi connectivity index (χ1v) is 10.6. The number of nitrogens with two attached hydrogens (primary N) is 1. The highest BCUT2D eigenvalue weighted by molar-refractivity contribution is 7.98. The van der Waals surface area contributed by atoms with Gasteiger partial charge in [-0.1, -0.05) is 26.5 Å². The summed E-state index contributed by atoms with van der Waals surface area (Å²) in [6, 6.07) is 8.87. The van der Waals surface area contributed by atoms with Crippen LogP contribution in [-0.2, 0) is 11.5 Å². The van der Waals surface area contributed by atoms with Gasteiger partial charge in [0.2, 0.25) is 0 Å². The Morgan fingerprint density at radius 1 is 1.31 bits per heavy atom. The number of aromatic nitrogens is 2. The van der Waals surface area contributed by atoms with Crippen LogP contribution < -0.4 is 11.1 Å². The summed E-state index contributed by atoms with van der Waals surface area (Å²) in [4.78, 5) is 0. The molecule has 1 fully saturated rings. The third kappa shape index (κ3) is 4.64. The predicted octanol–water partition coefficient (Wildman–Crippen LogP) is 5.53. The zero-order valence-corrected chi connectivity index (χ0v) is 16.6. The average Bonchev–Trinajstić information content (AvgIpc) is 3.20. The van der Waals surface area contributed by atoms with Gasteiger partial charge in [-0.2, -0.15) is 16.9 Å². The molecular formula is C21H30N4S. The molecule has 1 aromatic heterocycles. The van der Waals surface area contributed by atoms with Crippen LogP contribution in [0.2, 0.25) is 0 Å². The van der Waals surface area contributed by atoms with E-state index >= 15 is 0 Å². The van der Waals surface area contributed by atoms with E-state index in [1.165, 1.54) is 42.3 Å². The number of hydrogen-bond acceptors (Lipinski definition) is 4. The fourth-order valence-electron chi connectivity index (χ4n) is 3.86. The van der Waals surface area contributed by atoms with Crippen molar-refractivity contribution in [1.29, 1.82) is 0 Å². The lowest BCUT2D eigenvalue weighted by molar-refractivity contribution is 0.220. The van der Waals surface area contributed by atoms with Crippen LogP contribution in [0.15, 0.2) is 37.0 Å². The van der Waals surface area contributed by atoms with Crippen LogP contribution in [-0.4, -0.2) is 10.2 Å². The van der Waals surface area contributed by atoms with Gasteiger partial charge in [-0.3, -0.25) is 5.10 Å². The predicted molar refractivity (Wildman–Crippen MR) is 113 cm³/mol. The molecule has 140 valence electrons. The molecule has 1 aromatic carbocycles. The minimum Gasteiger partial charge on any atom is -0.405 e. The van der Waals surface area contributed by atoms with Gasteiger partial charge in [0.25, 0.3) is 0 Å². The quantitative estimate of drug-likeness (QED) is 0.647. The Bertz CT molecular complexity index is 731. The molecule has 1 saturated carbocycles. The maximum atomic E-state index is 4.61. The van der Waals surface area contributed by atoms with E-state index in [4.69, 9.17) is 0 Å². The minimum atomic E-state index is 0.679. The minimum absolute atomic E-state index is 0.679. The third-order valence-electron chi connectivity index (χ3n) is 5.07. The molecule has 0 amide bonds. The molecule has 1 aliphatic carbocycles. The van der Waals surface area contributed by atoms with E-state index < -0.39 is 0 Å². The summed E-state index contributed by atoms with van der Waals surface area (Å²) in [5, 5.41) is 11.1. The molecule has 4 rings (SSSR count). The van der Waals surface area contributed by atoms with Gasteiger partial charge in [0, 0.05) is 34.9 Å². The molecule has 0 atom stereocenters. The summed E-state index contributed by atoms with van der Waals surface area (Å²) in [6.07, 6.45) is 5.24. The largest absolute Gasteiger partial charge is 0.405 e. The summed E-state index contributed by atoms with van der Waals surface area (Å²) in [6.45, 7) is 7.78. The summed E-state index contributed by atoms with van der Waals surface area (Å²) in [7, 11) is 0. The van der Waals surface area contributed by atoms with Crippen molar-refractivity contribution >= 4 is 23.3 Å². The fraction of sp³-hybridized carbons (Fsp3) is 0.476. The van der Waals surface area contributed by atoms with Crippen molar-refractivity contribution < 1.29 is 0 Å². The maximum absolute atomic E-state index is 4.61. The van der Waals surface area contributed by atoms with Crippen LogP contribution >= 0.6 is 11.8 Å². The lowest BCUT2D eigenvalue weighted by Gasteiger charge is -2.35. The van der Waals surface area contributed by atoms with Crippen molar-refractivity contribution in [3.63, 3.8) is 0 Å². The number of nitrogens with zero attached hydrogens (tertiary/aromatic N) is 1. The van der Waals surface area contributed by atoms with E-state index in [2.05, 4.69) is 65.9 Å². The number of thioether (sulfide) groups is 1. The Morgan fingerprint density at radius 2 is 2.04 bits per heavy atom. The number of aromatic amines is 1. The van der Waals surface area contributed by atoms with Gasteiger partial charge in [-0.25, -0.2) is 0 Å². The Morgan fingerprint density at radius 3 is 2.77 bits per heavy atom. The van der Waals surface area contributed by atoms with Crippen molar-refractivity contribution in [1.82, 2.24) is 10.2 Å². The molecule has 2 aliphatic rings. The monoisotopic (exact) mass is 370 g/mol. The lowest BCUT2D eigenvalue weighted by Crippen LogP contribution is -2.23. The molecule has 0 unspecified atom stereocenters. The second-order valence-electron chi connectivity index (χ2n) is 7.71. The normalized spacial score (nSPS) is 20.7. The molecule has 5 heteroatoms. The molecule has 26 heavy (non-hydrogen) atoms. The summed E-state index contributed by atoms with van der Waals surface area (Å²) < 4.78 is 0. The Hall–Kier alpha value is -1.88. The smallest absolute Gasteiger partial charge is 0.152 e. The van der Waals surface area contributed by atoms with E-state index in [0.717, 1.165) is 34.8 Å². The maximum Gasteiger partial charge on any atom is 0.152 e. The van der Waals surface area contributed by atoms with Crippen molar-refractivity contribution in [2.75, 3.05) is 5.32 Å². The van der Waals surface area contributed by atoms with E-state index in [1.807, 2.05) is 11.8 Å². The van der Waals surface area contributed by atoms with E-state index in [9.17, 15) is 0 Å². The standard InChI is InChI=1S/C19H25N3S.C2H5N/c1-12(2)5-13-6-15(7-13)18-9-19(22-21-18)20-17-4-3-14-10-23-11-16(14)8-17;1-2-3/h3-4,8-9,12-13,15H,5-7,10-11H2,1-2H3,(H2,20,21,22);2H,1,3H2. The number of nitrogens with one attached hydrogen (secondary N) is 2. The summed E-state index contributed by atoms with van der Waals surface area (Å²) in [5.41, 5.74) is 10.0. The van der Waals surface area contributed by atoms with Crippen LogP contribution in [0.5, 0.6) is 0 Å². The van der Waals surface area contributed by atoms with Crippen molar-refractivity contribution in [3.8, 4) is 0 Å². The average molecular weight is 371 g/mol. The first kappa shape index (κ1) is 18.9. The Balaban J connectivity index is 0.000000613. The SMILES string of the molecule is C=CN.CC(C)CC1CC(c2cc(Nc3ccc4c(c3)CSC4)n[nH]2)C1. The molecule has 2 aromatic rings. The van der Waals surface area contributed by atoms with Gasteiger partial charge < -0.3 is 11.1 Å². The van der Waals surface area contributed by atoms with Crippen LogP contribution in [0.4, 0.5) is 11.5 Å². The third-order valence-corrected chi connectivity index (χ3v) is 6.10. The van der Waals surface area contributed by atoms with Crippen molar-refractivity contribution in [3.05, 3.63) is 53.9 Å². The zero-order valence-electron chi connectivity index (χ0n) is 15.8. The number of anilines is 2. The molecule has 0 spiro atoms. The molecule has 4 N–H and O–H groups in total. The highest BCUT2D eigenvalue weighted by atomic mass is 32.2. The zero-order chi connectivity index (χ0) is 18.5. The fourth-order valence-corrected chi connectivity index (χ4v) is 4.95. The first-order chi connectivity index (χ1) is 12.6. The number of rotatable bonds is 5. The molecular weight excluding hydrogens is 340 g/mol. The lowest BCUT2D eigenvalue weighted by atomic mass is 9.70. The molecule has 0 radical (unpaired) electrons. The summed E-state index contributed by atoms with van der Waals surface area (Å²) in [5.74, 6) is 5.64. The molecule has 4 nitrogen and oxygen atoms in total. The van der Waals surface area contributed by atoms with Crippen molar-refractivity contribution in [2.24, 2.45) is 17.6 Å². The van der Waals surface area contributed by atoms with E-state index in [1.54, 1.807) is 0 Å². The van der Waals surface area contributed by atoms with Gasteiger partial charge >= 0.3 is 0 Å². The Labute approximate surface area is 161 Å². The molecule has 2 heterocycles. The first-order valence-electron chi connectivity index (χ1n) is 9.43. The van der Waals surface area contributed by atoms with Crippen molar-refractivity contribution in [2.45, 2.75) is 50.5 Å². The number of H-pyrrole nitrogens is 1. The van der Waals surface area contributed by atoms with Gasteiger partial charge in [0.1, 0.15) is 0 Å². The second-order valence-corrected chi connectivity index (χ2v) is 8.70. The molecule has 0 bridgehead atoms. The highest BCUT2D eigenvalue weighted by Crippen LogP contribution is 2.44. The number of hydrogen-bond donors (Lipinski definition) is 3. The van der Waals surface area contributed by atoms with Crippen LogP contribution in [0.3, 0.4) is 0 Å². The number of fused-ring (bicyclic) bond motifs is 1. The highest BCUT2D eigenvalue weighted by Gasteiger charge is 2.31. The van der Waals surface area contributed by atoms with Gasteiger partial charge in [0.15, 0.2) is 5.82 Å². The second kappa shape index (κ2) is 8.67. The Kier molecular flexibility index (Phi) is 6.30. The van der Waals surface area contributed by atoms with Gasteiger partial charge in [-0.15, -0.1) is 0 Å². The van der Waals surface area contributed by atoms with Gasteiger partial charge in [-0.05, 0) is 60.6 Å². The van der Waals surface area contributed by atoms with E-state index in [-0.39, 0.29) is 0 Å². The summed E-state index contributed by atoms with van der Waals surface area (Å²) >= 11 is 1.99.